The average Bonchev–Trinajstić information content (AvgIpc) is 2.16. The fourth-order valence-corrected chi connectivity index (χ4v) is 1.95. The van der Waals surface area contributed by atoms with Gasteiger partial charge in [0, 0.05) is 20.0 Å². The Balaban J connectivity index is 2.29. The molecule has 0 fully saturated rings. The lowest BCUT2D eigenvalue weighted by atomic mass is 9.98. The van der Waals surface area contributed by atoms with E-state index >= 15 is 0 Å². The van der Waals surface area contributed by atoms with Gasteiger partial charge in [0.05, 0.1) is 0 Å². The maximum absolute atomic E-state index is 11.2. The van der Waals surface area contributed by atoms with E-state index < -0.39 is 0 Å². The predicted molar refractivity (Wildman–Crippen MR) is 56.0 cm³/mol. The first-order valence-corrected chi connectivity index (χ1v) is 5.01. The van der Waals surface area contributed by atoms with Gasteiger partial charge in [0.2, 0.25) is 5.91 Å². The molecule has 1 aromatic carbocycles. The third kappa shape index (κ3) is 1.65. The maximum Gasteiger partial charge on any atom is 0.219 e. The second kappa shape index (κ2) is 3.45. The number of hydrogen-bond donors (Lipinski definition) is 0. The molecule has 0 bridgehead atoms. The first-order chi connectivity index (χ1) is 6.66. The molecule has 0 unspecified atom stereocenters. The molecule has 2 nitrogen and oxygen atoms in total. The number of fused-ring (bicyclic) bond motifs is 1. The fourth-order valence-electron chi connectivity index (χ4n) is 1.95. The summed E-state index contributed by atoms with van der Waals surface area (Å²) < 4.78 is 0. The minimum atomic E-state index is 0.178. The number of nitrogens with zero attached hydrogens (tertiary/aromatic N) is 1. The molecule has 2 heteroatoms. The summed E-state index contributed by atoms with van der Waals surface area (Å²) in [7, 11) is 0. The van der Waals surface area contributed by atoms with Crippen LogP contribution in [0.5, 0.6) is 0 Å². The van der Waals surface area contributed by atoms with Crippen molar-refractivity contribution in [2.24, 2.45) is 0 Å². The molecule has 0 spiro atoms. The van der Waals surface area contributed by atoms with Crippen LogP contribution in [0, 0.1) is 6.92 Å². The Bertz CT molecular complexity index is 371. The summed E-state index contributed by atoms with van der Waals surface area (Å²) in [5.74, 6) is 0.178. The largest absolute Gasteiger partial charge is 0.338 e. The molecule has 1 heterocycles. The van der Waals surface area contributed by atoms with Crippen molar-refractivity contribution >= 4 is 5.91 Å². The van der Waals surface area contributed by atoms with Gasteiger partial charge in [-0.25, -0.2) is 0 Å². The smallest absolute Gasteiger partial charge is 0.219 e. The van der Waals surface area contributed by atoms with Crippen molar-refractivity contribution in [3.63, 3.8) is 0 Å². The van der Waals surface area contributed by atoms with Crippen LogP contribution < -0.4 is 0 Å². The lowest BCUT2D eigenvalue weighted by Gasteiger charge is -2.28. The Morgan fingerprint density at radius 2 is 2.14 bits per heavy atom. The standard InChI is InChI=1S/C12H15NO/c1-9-3-4-11-5-6-13(10(2)14)8-12(11)7-9/h3-4,7H,5-6,8H2,1-2H3. The van der Waals surface area contributed by atoms with Gasteiger partial charge in [0.1, 0.15) is 0 Å². The summed E-state index contributed by atoms with van der Waals surface area (Å²) in [4.78, 5) is 13.1. The zero-order valence-electron chi connectivity index (χ0n) is 8.71. The van der Waals surface area contributed by atoms with E-state index in [0.29, 0.717) is 0 Å². The van der Waals surface area contributed by atoms with E-state index in [4.69, 9.17) is 0 Å². The van der Waals surface area contributed by atoms with Crippen LogP contribution in [0.4, 0.5) is 0 Å². The predicted octanol–water partition coefficient (Wildman–Crippen LogP) is 1.90. The summed E-state index contributed by atoms with van der Waals surface area (Å²) in [6.07, 6.45) is 0.995. The summed E-state index contributed by atoms with van der Waals surface area (Å²) in [6, 6.07) is 6.51. The third-order valence-corrected chi connectivity index (χ3v) is 2.82. The van der Waals surface area contributed by atoms with Crippen LogP contribution in [-0.4, -0.2) is 17.4 Å². The lowest BCUT2D eigenvalue weighted by Crippen LogP contribution is -2.34. The van der Waals surface area contributed by atoms with E-state index in [0.717, 1.165) is 19.5 Å². The van der Waals surface area contributed by atoms with Crippen molar-refractivity contribution < 1.29 is 4.79 Å². The molecule has 0 atom stereocenters. The van der Waals surface area contributed by atoms with Gasteiger partial charge in [-0.1, -0.05) is 23.8 Å². The highest BCUT2D eigenvalue weighted by Crippen LogP contribution is 2.19. The zero-order chi connectivity index (χ0) is 10.1. The van der Waals surface area contributed by atoms with Gasteiger partial charge >= 0.3 is 0 Å². The van der Waals surface area contributed by atoms with Crippen LogP contribution in [0.3, 0.4) is 0 Å². The van der Waals surface area contributed by atoms with Gasteiger partial charge < -0.3 is 4.90 Å². The number of benzene rings is 1. The molecule has 1 aromatic rings. The summed E-state index contributed by atoms with van der Waals surface area (Å²) in [5.41, 5.74) is 3.98. The molecule has 2 rings (SSSR count). The van der Waals surface area contributed by atoms with E-state index in [1.807, 2.05) is 4.90 Å². The molecular formula is C12H15NO. The Morgan fingerprint density at radius 3 is 2.86 bits per heavy atom. The average molecular weight is 189 g/mol. The first kappa shape index (κ1) is 9.25. The molecule has 14 heavy (non-hydrogen) atoms. The first-order valence-electron chi connectivity index (χ1n) is 5.01. The monoisotopic (exact) mass is 189 g/mol. The second-order valence-electron chi connectivity index (χ2n) is 3.96. The highest BCUT2D eigenvalue weighted by Gasteiger charge is 2.17. The van der Waals surface area contributed by atoms with Gasteiger partial charge in [-0.2, -0.15) is 0 Å². The van der Waals surface area contributed by atoms with Crippen molar-refractivity contribution in [3.8, 4) is 0 Å². The molecule has 74 valence electrons. The molecule has 0 saturated carbocycles. The topological polar surface area (TPSA) is 20.3 Å². The van der Waals surface area contributed by atoms with Gasteiger partial charge in [0.25, 0.3) is 0 Å². The van der Waals surface area contributed by atoms with Crippen LogP contribution in [-0.2, 0) is 17.8 Å². The van der Waals surface area contributed by atoms with Crippen LogP contribution in [0.2, 0.25) is 0 Å². The van der Waals surface area contributed by atoms with E-state index in [-0.39, 0.29) is 5.91 Å². The quantitative estimate of drug-likeness (QED) is 0.610. The molecule has 1 aliphatic heterocycles. The van der Waals surface area contributed by atoms with Gasteiger partial charge in [-0.15, -0.1) is 0 Å². The lowest BCUT2D eigenvalue weighted by molar-refractivity contribution is -0.129. The summed E-state index contributed by atoms with van der Waals surface area (Å²) >= 11 is 0. The van der Waals surface area contributed by atoms with Crippen LogP contribution in [0.1, 0.15) is 23.6 Å². The van der Waals surface area contributed by atoms with Crippen molar-refractivity contribution in [1.82, 2.24) is 4.90 Å². The van der Waals surface area contributed by atoms with Crippen LogP contribution in [0.25, 0.3) is 0 Å². The third-order valence-electron chi connectivity index (χ3n) is 2.82. The Labute approximate surface area is 84.5 Å². The number of carbonyl (C=O) groups is 1. The maximum atomic E-state index is 11.2. The number of rotatable bonds is 0. The number of carbonyl (C=O) groups excluding carboxylic acids is 1. The molecular weight excluding hydrogens is 174 g/mol. The SMILES string of the molecule is CC(=O)N1CCc2ccc(C)cc2C1. The normalized spacial score (nSPS) is 15.1. The Morgan fingerprint density at radius 1 is 1.36 bits per heavy atom. The minimum Gasteiger partial charge on any atom is -0.338 e. The molecule has 0 aromatic heterocycles. The molecule has 0 saturated heterocycles. The summed E-state index contributed by atoms with van der Waals surface area (Å²) in [6.45, 7) is 5.38. The molecule has 1 amide bonds. The Kier molecular flexibility index (Phi) is 2.28. The Hall–Kier alpha value is -1.31. The number of hydrogen-bond acceptors (Lipinski definition) is 1. The van der Waals surface area contributed by atoms with Crippen molar-refractivity contribution in [1.29, 1.82) is 0 Å². The second-order valence-corrected chi connectivity index (χ2v) is 3.96. The number of aryl methyl sites for hydroxylation is 1. The molecule has 0 aliphatic carbocycles. The van der Waals surface area contributed by atoms with Crippen LogP contribution >= 0.6 is 0 Å². The fraction of sp³-hybridized carbons (Fsp3) is 0.417. The van der Waals surface area contributed by atoms with Gasteiger partial charge in [-0.3, -0.25) is 4.79 Å². The van der Waals surface area contributed by atoms with E-state index in [2.05, 4.69) is 25.1 Å². The van der Waals surface area contributed by atoms with Gasteiger partial charge in [-0.05, 0) is 24.5 Å². The highest BCUT2D eigenvalue weighted by atomic mass is 16.2. The summed E-state index contributed by atoms with van der Waals surface area (Å²) in [5, 5.41) is 0. The van der Waals surface area contributed by atoms with Crippen molar-refractivity contribution in [2.45, 2.75) is 26.8 Å². The van der Waals surface area contributed by atoms with Crippen LogP contribution in [0.15, 0.2) is 18.2 Å². The molecule has 0 N–H and O–H groups in total. The van der Waals surface area contributed by atoms with Crippen molar-refractivity contribution in [3.05, 3.63) is 34.9 Å². The van der Waals surface area contributed by atoms with E-state index in [1.54, 1.807) is 6.92 Å². The highest BCUT2D eigenvalue weighted by molar-refractivity contribution is 5.73. The van der Waals surface area contributed by atoms with E-state index in [1.165, 1.54) is 16.7 Å². The minimum absolute atomic E-state index is 0.178. The van der Waals surface area contributed by atoms with Gasteiger partial charge in [0.15, 0.2) is 0 Å². The molecule has 0 radical (unpaired) electrons. The van der Waals surface area contributed by atoms with Crippen molar-refractivity contribution in [2.75, 3.05) is 6.54 Å². The number of amides is 1. The van der Waals surface area contributed by atoms with E-state index in [9.17, 15) is 4.79 Å². The zero-order valence-corrected chi connectivity index (χ0v) is 8.71. The molecule has 1 aliphatic rings.